The number of rotatable bonds is 5. The van der Waals surface area contributed by atoms with Gasteiger partial charge in [0.1, 0.15) is 5.75 Å². The van der Waals surface area contributed by atoms with Gasteiger partial charge in [0.25, 0.3) is 5.91 Å². The van der Waals surface area contributed by atoms with Crippen LogP contribution in [0.1, 0.15) is 12.8 Å². The van der Waals surface area contributed by atoms with Crippen LogP contribution in [0.3, 0.4) is 0 Å². The molecule has 1 heterocycles. The fraction of sp³-hybridized carbons (Fsp3) is 0.429. The highest BCUT2D eigenvalue weighted by Gasteiger charge is 2.18. The lowest BCUT2D eigenvalue weighted by Gasteiger charge is -2.15. The first-order valence-corrected chi connectivity index (χ1v) is 6.96. The fourth-order valence-corrected chi connectivity index (χ4v) is 2.11. The fourth-order valence-electron chi connectivity index (χ4n) is 1.98. The predicted molar refractivity (Wildman–Crippen MR) is 75.8 cm³/mol. The SMILES string of the molecule is O=C(COc1ccc(Cl)cc1)NCC(=O)N1CCCC1. The number of likely N-dealkylation sites (tertiary alicyclic amines) is 1. The zero-order valence-electron chi connectivity index (χ0n) is 11.1. The van der Waals surface area contributed by atoms with E-state index in [1.807, 2.05) is 0 Å². The van der Waals surface area contributed by atoms with E-state index in [0.717, 1.165) is 25.9 Å². The number of hydrogen-bond acceptors (Lipinski definition) is 3. The molecule has 6 heteroatoms. The van der Waals surface area contributed by atoms with Gasteiger partial charge in [-0.15, -0.1) is 0 Å². The molecular formula is C14H17ClN2O3. The Morgan fingerprint density at radius 2 is 1.85 bits per heavy atom. The number of halogens is 1. The lowest BCUT2D eigenvalue weighted by atomic mass is 10.3. The number of nitrogens with zero attached hydrogens (tertiary/aromatic N) is 1. The molecule has 0 radical (unpaired) electrons. The van der Waals surface area contributed by atoms with Crippen LogP contribution in [-0.2, 0) is 9.59 Å². The molecule has 0 saturated carbocycles. The molecule has 0 atom stereocenters. The van der Waals surface area contributed by atoms with E-state index in [9.17, 15) is 9.59 Å². The van der Waals surface area contributed by atoms with E-state index in [1.165, 1.54) is 0 Å². The maximum atomic E-state index is 11.7. The molecule has 1 fully saturated rings. The highest BCUT2D eigenvalue weighted by atomic mass is 35.5. The van der Waals surface area contributed by atoms with Crippen LogP contribution in [0.5, 0.6) is 5.75 Å². The Bertz CT molecular complexity index is 470. The number of carbonyl (C=O) groups is 2. The second kappa shape index (κ2) is 7.14. The maximum absolute atomic E-state index is 11.7. The first-order valence-electron chi connectivity index (χ1n) is 6.58. The molecular weight excluding hydrogens is 280 g/mol. The van der Waals surface area contributed by atoms with Gasteiger partial charge in [0, 0.05) is 18.1 Å². The lowest BCUT2D eigenvalue weighted by Crippen LogP contribution is -2.40. The molecule has 108 valence electrons. The van der Waals surface area contributed by atoms with Crippen LogP contribution in [0.15, 0.2) is 24.3 Å². The van der Waals surface area contributed by atoms with Crippen molar-refractivity contribution in [2.45, 2.75) is 12.8 Å². The summed E-state index contributed by atoms with van der Waals surface area (Å²) in [7, 11) is 0. The molecule has 5 nitrogen and oxygen atoms in total. The summed E-state index contributed by atoms with van der Waals surface area (Å²) in [6.45, 7) is 1.49. The zero-order chi connectivity index (χ0) is 14.4. The number of carbonyl (C=O) groups excluding carboxylic acids is 2. The average molecular weight is 297 g/mol. The molecule has 0 bridgehead atoms. The van der Waals surface area contributed by atoms with Crippen molar-refractivity contribution >= 4 is 23.4 Å². The van der Waals surface area contributed by atoms with Crippen LogP contribution < -0.4 is 10.1 Å². The molecule has 1 aromatic carbocycles. The molecule has 0 spiro atoms. The molecule has 20 heavy (non-hydrogen) atoms. The van der Waals surface area contributed by atoms with Crippen molar-refractivity contribution in [3.05, 3.63) is 29.3 Å². The molecule has 1 N–H and O–H groups in total. The van der Waals surface area contributed by atoms with Crippen molar-refractivity contribution in [1.82, 2.24) is 10.2 Å². The molecule has 1 saturated heterocycles. The van der Waals surface area contributed by atoms with Crippen molar-refractivity contribution in [1.29, 1.82) is 0 Å². The van der Waals surface area contributed by atoms with Gasteiger partial charge in [-0.1, -0.05) is 11.6 Å². The summed E-state index contributed by atoms with van der Waals surface area (Å²) < 4.78 is 5.28. The Morgan fingerprint density at radius 1 is 1.20 bits per heavy atom. The first kappa shape index (κ1) is 14.7. The van der Waals surface area contributed by atoms with Gasteiger partial charge in [0.15, 0.2) is 6.61 Å². The Balaban J connectivity index is 1.67. The Morgan fingerprint density at radius 3 is 2.50 bits per heavy atom. The smallest absolute Gasteiger partial charge is 0.258 e. The van der Waals surface area contributed by atoms with Gasteiger partial charge in [-0.3, -0.25) is 9.59 Å². The van der Waals surface area contributed by atoms with Gasteiger partial charge in [0.2, 0.25) is 5.91 Å². The minimum absolute atomic E-state index is 0.0306. The summed E-state index contributed by atoms with van der Waals surface area (Å²) in [5, 5.41) is 3.17. The van der Waals surface area contributed by atoms with E-state index in [1.54, 1.807) is 29.2 Å². The van der Waals surface area contributed by atoms with Gasteiger partial charge in [-0.25, -0.2) is 0 Å². The molecule has 2 amide bonds. The Kier molecular flexibility index (Phi) is 5.24. The van der Waals surface area contributed by atoms with Gasteiger partial charge in [-0.05, 0) is 37.1 Å². The summed E-state index contributed by atoms with van der Waals surface area (Å²) in [6, 6.07) is 6.74. The van der Waals surface area contributed by atoms with Gasteiger partial charge in [-0.2, -0.15) is 0 Å². The largest absolute Gasteiger partial charge is 0.484 e. The van der Waals surface area contributed by atoms with Crippen LogP contribution >= 0.6 is 11.6 Å². The van der Waals surface area contributed by atoms with E-state index in [0.29, 0.717) is 10.8 Å². The van der Waals surface area contributed by atoms with Crippen LogP contribution in [0.2, 0.25) is 5.02 Å². The number of ether oxygens (including phenoxy) is 1. The first-order chi connectivity index (χ1) is 9.65. The zero-order valence-corrected chi connectivity index (χ0v) is 11.9. The Hall–Kier alpha value is -1.75. The molecule has 2 rings (SSSR count). The summed E-state index contributed by atoms with van der Waals surface area (Å²) in [5.74, 6) is 0.213. The highest BCUT2D eigenvalue weighted by molar-refractivity contribution is 6.30. The van der Waals surface area contributed by atoms with Gasteiger partial charge in [0.05, 0.1) is 6.54 Å². The normalized spacial score (nSPS) is 14.2. The van der Waals surface area contributed by atoms with Crippen molar-refractivity contribution in [2.24, 2.45) is 0 Å². The second-order valence-electron chi connectivity index (χ2n) is 4.61. The molecule has 1 aromatic rings. The van der Waals surface area contributed by atoms with Crippen LogP contribution in [0.25, 0.3) is 0 Å². The number of amides is 2. The van der Waals surface area contributed by atoms with Crippen LogP contribution in [0, 0.1) is 0 Å². The molecule has 0 unspecified atom stereocenters. The summed E-state index contributed by atoms with van der Waals surface area (Å²) >= 11 is 5.74. The monoisotopic (exact) mass is 296 g/mol. The van der Waals surface area contributed by atoms with E-state index in [4.69, 9.17) is 16.3 Å². The van der Waals surface area contributed by atoms with Crippen molar-refractivity contribution in [2.75, 3.05) is 26.2 Å². The highest BCUT2D eigenvalue weighted by Crippen LogP contribution is 2.15. The predicted octanol–water partition coefficient (Wildman–Crippen LogP) is 1.46. The molecule has 1 aliphatic rings. The second-order valence-corrected chi connectivity index (χ2v) is 5.04. The van der Waals surface area contributed by atoms with Crippen LogP contribution in [-0.4, -0.2) is 43.0 Å². The quantitative estimate of drug-likeness (QED) is 0.895. The third kappa shape index (κ3) is 4.42. The van der Waals surface area contributed by atoms with Crippen molar-refractivity contribution < 1.29 is 14.3 Å². The minimum Gasteiger partial charge on any atom is -0.484 e. The number of benzene rings is 1. The minimum atomic E-state index is -0.313. The Labute approximate surface area is 122 Å². The van der Waals surface area contributed by atoms with E-state index in [2.05, 4.69) is 5.32 Å². The van der Waals surface area contributed by atoms with Gasteiger partial charge >= 0.3 is 0 Å². The van der Waals surface area contributed by atoms with Crippen molar-refractivity contribution in [3.63, 3.8) is 0 Å². The summed E-state index contributed by atoms with van der Waals surface area (Å²) in [5.41, 5.74) is 0. The maximum Gasteiger partial charge on any atom is 0.258 e. The van der Waals surface area contributed by atoms with E-state index < -0.39 is 0 Å². The lowest BCUT2D eigenvalue weighted by molar-refractivity contribution is -0.132. The van der Waals surface area contributed by atoms with E-state index >= 15 is 0 Å². The topological polar surface area (TPSA) is 58.6 Å². The summed E-state index contributed by atoms with van der Waals surface area (Å²) in [4.78, 5) is 25.1. The average Bonchev–Trinajstić information content (AvgIpc) is 2.98. The molecule has 0 aliphatic carbocycles. The third-order valence-corrected chi connectivity index (χ3v) is 3.33. The summed E-state index contributed by atoms with van der Waals surface area (Å²) in [6.07, 6.45) is 2.08. The third-order valence-electron chi connectivity index (χ3n) is 3.08. The number of nitrogens with one attached hydrogen (secondary N) is 1. The number of hydrogen-bond donors (Lipinski definition) is 1. The van der Waals surface area contributed by atoms with E-state index in [-0.39, 0.29) is 25.0 Å². The standard InChI is InChI=1S/C14H17ClN2O3/c15-11-3-5-12(6-4-11)20-10-13(18)16-9-14(19)17-7-1-2-8-17/h3-6H,1-2,7-10H2,(H,16,18). The van der Waals surface area contributed by atoms with Crippen molar-refractivity contribution in [3.8, 4) is 5.75 Å². The molecule has 0 aromatic heterocycles. The van der Waals surface area contributed by atoms with Gasteiger partial charge < -0.3 is 15.0 Å². The van der Waals surface area contributed by atoms with Crippen LogP contribution in [0.4, 0.5) is 0 Å². The molecule has 1 aliphatic heterocycles.